The van der Waals surface area contributed by atoms with E-state index in [9.17, 15) is 19.4 Å². The van der Waals surface area contributed by atoms with E-state index in [4.69, 9.17) is 14.2 Å². The predicted molar refractivity (Wildman–Crippen MR) is 123 cm³/mol. The number of carbonyl (C=O) groups is 1. The van der Waals surface area contributed by atoms with Gasteiger partial charge in [0.1, 0.15) is 0 Å². The number of nitrogens with one attached hydrogen (secondary N) is 1. The fraction of sp³-hybridized carbons (Fsp3) is 0.864. The topological polar surface area (TPSA) is 125 Å². The molecular weight excluding hydrogens is 421 g/mol. The smallest absolute Gasteiger partial charge is 0.465 e. The van der Waals surface area contributed by atoms with E-state index in [1.807, 2.05) is 0 Å². The van der Waals surface area contributed by atoms with Gasteiger partial charge in [0.05, 0.1) is 25.4 Å². The molecule has 0 aromatic rings. The minimum Gasteiger partial charge on any atom is -0.465 e. The first-order valence-electron chi connectivity index (χ1n) is 11.8. The van der Waals surface area contributed by atoms with Crippen LogP contribution in [0, 0.1) is 0 Å². The summed E-state index contributed by atoms with van der Waals surface area (Å²) in [5.74, 6) is 0. The third-order valence-corrected chi connectivity index (χ3v) is 5.89. The first-order valence-corrected chi connectivity index (χ1v) is 13.3. The van der Waals surface area contributed by atoms with Crippen molar-refractivity contribution in [1.29, 1.82) is 0 Å². The van der Waals surface area contributed by atoms with Crippen LogP contribution in [0.3, 0.4) is 0 Å². The highest BCUT2D eigenvalue weighted by atomic mass is 31.2. The number of hydrogen-bond donors (Lipinski definition) is 4. The molecule has 0 aromatic heterocycles. The summed E-state index contributed by atoms with van der Waals surface area (Å²) in [6, 6.07) is -1.07. The molecule has 0 aliphatic rings. The number of carboxylic acid groups (broad SMARTS) is 1. The highest BCUT2D eigenvalue weighted by Gasteiger charge is 2.26. The van der Waals surface area contributed by atoms with Gasteiger partial charge in [-0.2, -0.15) is 0 Å². The lowest BCUT2D eigenvalue weighted by Gasteiger charge is -2.21. The second-order valence-corrected chi connectivity index (χ2v) is 9.35. The summed E-state index contributed by atoms with van der Waals surface area (Å²) >= 11 is 0. The van der Waals surface area contributed by atoms with Crippen LogP contribution in [0.4, 0.5) is 4.79 Å². The van der Waals surface area contributed by atoms with Gasteiger partial charge in [-0.1, -0.05) is 90.2 Å². The number of aliphatic hydroxyl groups excluding tert-OH is 1. The van der Waals surface area contributed by atoms with Crippen LogP contribution < -0.4 is 5.32 Å². The first kappa shape index (κ1) is 30.1. The average Bonchev–Trinajstić information content (AvgIpc) is 2.72. The highest BCUT2D eigenvalue weighted by molar-refractivity contribution is 7.47. The number of hydrogen-bond acceptors (Lipinski definition) is 5. The number of unbranched alkanes of at least 4 members (excludes halogenated alkanes) is 11. The number of phosphoric acid groups is 1. The molecule has 0 rings (SSSR count). The maximum Gasteiger partial charge on any atom is 0.472 e. The van der Waals surface area contributed by atoms with Crippen LogP contribution in [0.25, 0.3) is 0 Å². The van der Waals surface area contributed by atoms with Crippen LogP contribution in [-0.2, 0) is 13.6 Å². The fourth-order valence-electron chi connectivity index (χ4n) is 3.10. The molecule has 4 N–H and O–H groups in total. The molecule has 0 saturated carbocycles. The number of aliphatic hydroxyl groups is 1. The van der Waals surface area contributed by atoms with Gasteiger partial charge in [-0.15, -0.1) is 0 Å². The highest BCUT2D eigenvalue weighted by Crippen LogP contribution is 2.43. The molecule has 0 aliphatic heterocycles. The van der Waals surface area contributed by atoms with Crippen LogP contribution in [0.15, 0.2) is 12.2 Å². The molecule has 0 spiro atoms. The molecule has 0 heterocycles. The molecule has 0 aromatic carbocycles. The van der Waals surface area contributed by atoms with Gasteiger partial charge in [0.25, 0.3) is 0 Å². The third kappa shape index (κ3) is 19.5. The van der Waals surface area contributed by atoms with E-state index in [2.05, 4.69) is 12.2 Å². The molecular formula is C22H44NO7P. The maximum atomic E-state index is 11.7. The Morgan fingerprint density at radius 1 is 0.935 bits per heavy atom. The van der Waals surface area contributed by atoms with Crippen LogP contribution in [0.1, 0.15) is 97.3 Å². The van der Waals surface area contributed by atoms with Crippen molar-refractivity contribution in [1.82, 2.24) is 5.32 Å². The Hall–Kier alpha value is -0.920. The van der Waals surface area contributed by atoms with Crippen molar-refractivity contribution in [3.8, 4) is 0 Å². The molecule has 3 atom stereocenters. The predicted octanol–water partition coefficient (Wildman–Crippen LogP) is 5.78. The number of allylic oxidation sites excluding steroid dienone is 1. The van der Waals surface area contributed by atoms with Crippen molar-refractivity contribution in [3.05, 3.63) is 12.2 Å². The minimum absolute atomic E-state index is 0.0478. The molecule has 0 bridgehead atoms. The molecule has 3 unspecified atom stereocenters. The average molecular weight is 466 g/mol. The molecule has 9 heteroatoms. The lowest BCUT2D eigenvalue weighted by atomic mass is 10.0. The summed E-state index contributed by atoms with van der Waals surface area (Å²) in [6.07, 6.45) is 16.0. The van der Waals surface area contributed by atoms with E-state index >= 15 is 0 Å². The van der Waals surface area contributed by atoms with Crippen LogP contribution >= 0.6 is 7.82 Å². The molecule has 31 heavy (non-hydrogen) atoms. The Labute approximate surface area is 188 Å². The summed E-state index contributed by atoms with van der Waals surface area (Å²) in [7, 11) is -4.27. The monoisotopic (exact) mass is 465 g/mol. The van der Waals surface area contributed by atoms with E-state index in [0.717, 1.165) is 19.3 Å². The lowest BCUT2D eigenvalue weighted by Crippen LogP contribution is -2.45. The zero-order chi connectivity index (χ0) is 23.4. The lowest BCUT2D eigenvalue weighted by molar-refractivity contribution is 0.0945. The van der Waals surface area contributed by atoms with Gasteiger partial charge >= 0.3 is 13.9 Å². The van der Waals surface area contributed by atoms with E-state index in [-0.39, 0.29) is 6.61 Å². The summed E-state index contributed by atoms with van der Waals surface area (Å²) in [6.45, 7) is 3.58. The number of phosphoric ester groups is 1. The largest absolute Gasteiger partial charge is 0.472 e. The quantitative estimate of drug-likeness (QED) is 0.0961. The molecule has 184 valence electrons. The van der Waals surface area contributed by atoms with Gasteiger partial charge in [-0.25, -0.2) is 9.36 Å². The van der Waals surface area contributed by atoms with Crippen LogP contribution in [0.2, 0.25) is 0 Å². The Bertz CT molecular complexity index is 516. The van der Waals surface area contributed by atoms with Gasteiger partial charge < -0.3 is 20.4 Å². The minimum atomic E-state index is -4.27. The van der Waals surface area contributed by atoms with Crippen molar-refractivity contribution in [2.45, 2.75) is 109 Å². The van der Waals surface area contributed by atoms with Gasteiger partial charge in [0.2, 0.25) is 0 Å². The third-order valence-electron chi connectivity index (χ3n) is 4.90. The van der Waals surface area contributed by atoms with Crippen molar-refractivity contribution < 1.29 is 33.5 Å². The normalized spacial score (nSPS) is 15.6. The Morgan fingerprint density at radius 2 is 1.48 bits per heavy atom. The van der Waals surface area contributed by atoms with E-state index in [1.165, 1.54) is 63.9 Å². The van der Waals surface area contributed by atoms with Gasteiger partial charge in [-0.3, -0.25) is 9.05 Å². The SMILES string of the molecule is CCCCCCCCCCCCC/C=C/C(O)C(COP(=O)(O)OCCC)NC(=O)O. The van der Waals surface area contributed by atoms with Crippen molar-refractivity contribution in [3.63, 3.8) is 0 Å². The molecule has 1 amide bonds. The molecule has 0 fully saturated rings. The molecule has 0 aliphatic carbocycles. The Morgan fingerprint density at radius 3 is 2.00 bits per heavy atom. The van der Waals surface area contributed by atoms with E-state index < -0.39 is 32.7 Å². The van der Waals surface area contributed by atoms with E-state index in [1.54, 1.807) is 13.0 Å². The zero-order valence-corrected chi connectivity index (χ0v) is 20.2. The molecule has 8 nitrogen and oxygen atoms in total. The summed E-state index contributed by atoms with van der Waals surface area (Å²) in [5, 5.41) is 21.2. The standard InChI is InChI=1S/C22H44NO7P/c1-3-5-6-7-8-9-10-11-12-13-14-15-16-17-21(24)20(23-22(25)26)19-30-31(27,28)29-18-4-2/h16-17,20-21,23-24H,3-15,18-19H2,1-2H3,(H,25,26)(H,27,28)/b17-16+. The maximum absolute atomic E-state index is 11.7. The number of rotatable bonds is 21. The van der Waals surface area contributed by atoms with Crippen LogP contribution in [-0.4, -0.2) is 46.6 Å². The summed E-state index contributed by atoms with van der Waals surface area (Å²) in [5.41, 5.74) is 0. The Kier molecular flexibility index (Phi) is 19.2. The van der Waals surface area contributed by atoms with Gasteiger partial charge in [-0.05, 0) is 19.3 Å². The van der Waals surface area contributed by atoms with Gasteiger partial charge in [0, 0.05) is 0 Å². The molecule has 0 radical (unpaired) electrons. The summed E-state index contributed by atoms with van der Waals surface area (Å²) < 4.78 is 21.2. The Balaban J connectivity index is 4.03. The molecule has 0 saturated heterocycles. The van der Waals surface area contributed by atoms with Crippen molar-refractivity contribution >= 4 is 13.9 Å². The first-order chi connectivity index (χ1) is 14.8. The second-order valence-electron chi connectivity index (χ2n) is 7.90. The fourth-order valence-corrected chi connectivity index (χ4v) is 3.94. The summed E-state index contributed by atoms with van der Waals surface area (Å²) in [4.78, 5) is 20.5. The van der Waals surface area contributed by atoms with Crippen molar-refractivity contribution in [2.24, 2.45) is 0 Å². The van der Waals surface area contributed by atoms with Crippen molar-refractivity contribution in [2.75, 3.05) is 13.2 Å². The van der Waals surface area contributed by atoms with E-state index in [0.29, 0.717) is 6.42 Å². The number of amides is 1. The van der Waals surface area contributed by atoms with Gasteiger partial charge in [0.15, 0.2) is 0 Å². The zero-order valence-electron chi connectivity index (χ0n) is 19.3. The second kappa shape index (κ2) is 19.7. The van der Waals surface area contributed by atoms with Crippen LogP contribution in [0.5, 0.6) is 0 Å².